The van der Waals surface area contributed by atoms with Crippen LogP contribution in [0.25, 0.3) is 0 Å². The average Bonchev–Trinajstić information content (AvgIpc) is 3.19. The van der Waals surface area contributed by atoms with Crippen LogP contribution < -0.4 is 10.2 Å². The predicted molar refractivity (Wildman–Crippen MR) is 125 cm³/mol. The molecule has 2 amide bonds. The lowest BCUT2D eigenvalue weighted by Gasteiger charge is -2.26. The van der Waals surface area contributed by atoms with Crippen molar-refractivity contribution in [3.05, 3.63) is 94.5 Å². The Labute approximate surface area is 206 Å². The van der Waals surface area contributed by atoms with E-state index in [1.165, 1.54) is 23.9 Å². The fourth-order valence-electron chi connectivity index (χ4n) is 3.79. The van der Waals surface area contributed by atoms with E-state index in [4.69, 9.17) is 0 Å². The minimum atomic E-state index is -5.06. The largest absolute Gasteiger partial charge is 0.416 e. The number of aryl methyl sites for hydroxylation is 1. The lowest BCUT2D eigenvalue weighted by Crippen LogP contribution is -2.28. The Morgan fingerprint density at radius 3 is 2.06 bits per heavy atom. The Morgan fingerprint density at radius 2 is 1.50 bits per heavy atom. The second kappa shape index (κ2) is 9.53. The summed E-state index contributed by atoms with van der Waals surface area (Å²) in [4.78, 5) is 26.8. The second-order valence-electron chi connectivity index (χ2n) is 8.08. The van der Waals surface area contributed by atoms with Gasteiger partial charge in [-0.05, 0) is 54.4 Å². The van der Waals surface area contributed by atoms with E-state index in [1.54, 1.807) is 17.0 Å². The number of nitrogens with one attached hydrogen (secondary N) is 1. The Balaban J connectivity index is 1.57. The van der Waals surface area contributed by atoms with Crippen molar-refractivity contribution in [3.63, 3.8) is 0 Å². The maximum absolute atomic E-state index is 13.1. The molecular weight excluding hydrogens is 506 g/mol. The van der Waals surface area contributed by atoms with Crippen LogP contribution in [-0.2, 0) is 17.1 Å². The third-order valence-electron chi connectivity index (χ3n) is 5.55. The molecule has 4 rings (SSSR count). The van der Waals surface area contributed by atoms with Gasteiger partial charge < -0.3 is 5.32 Å². The number of halogens is 6. The number of anilines is 2. The summed E-state index contributed by atoms with van der Waals surface area (Å²) in [5.74, 6) is -0.915. The molecule has 0 radical (unpaired) electrons. The lowest BCUT2D eigenvalue weighted by molar-refractivity contribution is -0.143. The van der Waals surface area contributed by atoms with Crippen molar-refractivity contribution in [2.45, 2.75) is 24.7 Å². The molecular formula is C25H18F6N2O2S. The van der Waals surface area contributed by atoms with Crippen LogP contribution in [0.5, 0.6) is 0 Å². The summed E-state index contributed by atoms with van der Waals surface area (Å²) in [5, 5.41) is 2.00. The maximum Gasteiger partial charge on any atom is 0.416 e. The van der Waals surface area contributed by atoms with Gasteiger partial charge in [-0.25, -0.2) is 0 Å². The molecule has 4 nitrogen and oxygen atoms in total. The lowest BCUT2D eigenvalue weighted by atomic mass is 10.0. The van der Waals surface area contributed by atoms with Gasteiger partial charge in [0.1, 0.15) is 5.37 Å². The Kier molecular flexibility index (Phi) is 6.78. The molecule has 1 saturated heterocycles. The van der Waals surface area contributed by atoms with Crippen LogP contribution in [0.2, 0.25) is 0 Å². The van der Waals surface area contributed by atoms with E-state index in [9.17, 15) is 35.9 Å². The molecule has 1 heterocycles. The predicted octanol–water partition coefficient (Wildman–Crippen LogP) is 7.06. The molecule has 0 spiro atoms. The van der Waals surface area contributed by atoms with E-state index in [1.807, 2.05) is 31.2 Å². The highest BCUT2D eigenvalue weighted by Crippen LogP contribution is 2.43. The van der Waals surface area contributed by atoms with E-state index in [2.05, 4.69) is 5.32 Å². The van der Waals surface area contributed by atoms with Crippen molar-refractivity contribution >= 4 is 35.0 Å². The number of nitrogens with zero attached hydrogens (tertiary/aromatic N) is 1. The molecule has 1 N–H and O–H groups in total. The highest BCUT2D eigenvalue weighted by molar-refractivity contribution is 8.00. The van der Waals surface area contributed by atoms with Crippen LogP contribution in [0, 0.1) is 6.92 Å². The normalized spacial score (nSPS) is 16.4. The Hall–Kier alpha value is -3.47. The molecule has 3 aromatic rings. The number of hydrogen-bond donors (Lipinski definition) is 1. The number of hydrogen-bond acceptors (Lipinski definition) is 3. The zero-order valence-corrected chi connectivity index (χ0v) is 19.4. The number of amides is 2. The van der Waals surface area contributed by atoms with Gasteiger partial charge in [-0.1, -0.05) is 30.3 Å². The number of thioether (sulfide) groups is 1. The fraction of sp³-hybridized carbons (Fsp3) is 0.200. The van der Waals surface area contributed by atoms with Gasteiger partial charge in [0, 0.05) is 16.9 Å². The number of benzene rings is 3. The second-order valence-corrected chi connectivity index (χ2v) is 9.15. The van der Waals surface area contributed by atoms with Gasteiger partial charge in [-0.2, -0.15) is 26.3 Å². The maximum atomic E-state index is 13.1. The molecule has 188 valence electrons. The molecule has 3 aromatic carbocycles. The summed E-state index contributed by atoms with van der Waals surface area (Å²) in [5.41, 5.74) is -1.32. The standard InChI is InChI=1S/C25H18F6N2O2S/c1-14-4-2-3-5-20(14)33-21(34)13-36-23(33)15-6-8-19(9-7-15)32-22(35)16-10-17(24(26,27)28)12-18(11-16)25(29,30)31/h2-12,23H,13H2,1H3,(H,32,35)/t23-/m0/s1. The van der Waals surface area contributed by atoms with Crippen LogP contribution in [0.3, 0.4) is 0 Å². The van der Waals surface area contributed by atoms with Crippen molar-refractivity contribution in [2.24, 2.45) is 0 Å². The molecule has 1 atom stereocenters. The molecule has 11 heteroatoms. The van der Waals surface area contributed by atoms with Crippen LogP contribution in [-0.4, -0.2) is 17.6 Å². The van der Waals surface area contributed by atoms with Gasteiger partial charge in [-0.15, -0.1) is 11.8 Å². The molecule has 0 bridgehead atoms. The summed E-state index contributed by atoms with van der Waals surface area (Å²) in [7, 11) is 0. The van der Waals surface area contributed by atoms with Gasteiger partial charge in [0.25, 0.3) is 5.91 Å². The SMILES string of the molecule is Cc1ccccc1N1C(=O)CS[C@H]1c1ccc(NC(=O)c2cc(C(F)(F)F)cc(C(F)(F)F)c2)cc1. The Morgan fingerprint density at radius 1 is 0.917 bits per heavy atom. The summed E-state index contributed by atoms with van der Waals surface area (Å²) >= 11 is 1.42. The third kappa shape index (κ3) is 5.35. The van der Waals surface area contributed by atoms with Gasteiger partial charge in [-0.3, -0.25) is 14.5 Å². The zero-order valence-electron chi connectivity index (χ0n) is 18.6. The molecule has 36 heavy (non-hydrogen) atoms. The molecule has 0 saturated carbocycles. The van der Waals surface area contributed by atoms with Crippen LogP contribution in [0.1, 0.15) is 38.0 Å². The smallest absolute Gasteiger partial charge is 0.322 e. The topological polar surface area (TPSA) is 49.4 Å². The number of carbonyl (C=O) groups excluding carboxylic acids is 2. The van der Waals surface area contributed by atoms with Crippen molar-refractivity contribution in [2.75, 3.05) is 16.0 Å². The first-order valence-corrected chi connectivity index (χ1v) is 11.6. The van der Waals surface area contributed by atoms with Crippen molar-refractivity contribution in [1.29, 1.82) is 0 Å². The molecule has 0 aliphatic carbocycles. The monoisotopic (exact) mass is 524 g/mol. The van der Waals surface area contributed by atoms with Crippen LogP contribution in [0.15, 0.2) is 66.7 Å². The summed E-state index contributed by atoms with van der Waals surface area (Å²) in [6.07, 6.45) is -10.1. The summed E-state index contributed by atoms with van der Waals surface area (Å²) in [6.45, 7) is 1.89. The molecule has 1 aliphatic rings. The first kappa shape index (κ1) is 25.6. The number of para-hydroxylation sites is 1. The summed E-state index contributed by atoms with van der Waals surface area (Å²) < 4.78 is 78.6. The molecule has 1 aliphatic heterocycles. The van der Waals surface area contributed by atoms with Crippen molar-refractivity contribution in [1.82, 2.24) is 0 Å². The highest BCUT2D eigenvalue weighted by atomic mass is 32.2. The van der Waals surface area contributed by atoms with Gasteiger partial charge in [0.05, 0.1) is 16.9 Å². The molecule has 0 aromatic heterocycles. The van der Waals surface area contributed by atoms with E-state index in [0.29, 0.717) is 12.1 Å². The minimum absolute atomic E-state index is 0.0354. The zero-order chi connectivity index (χ0) is 26.3. The van der Waals surface area contributed by atoms with Gasteiger partial charge in [0.15, 0.2) is 0 Å². The third-order valence-corrected chi connectivity index (χ3v) is 6.76. The van der Waals surface area contributed by atoms with Crippen LogP contribution >= 0.6 is 11.8 Å². The number of carbonyl (C=O) groups is 2. The number of rotatable bonds is 4. The average molecular weight is 524 g/mol. The van der Waals surface area contributed by atoms with E-state index >= 15 is 0 Å². The van der Waals surface area contributed by atoms with E-state index in [-0.39, 0.29) is 28.8 Å². The van der Waals surface area contributed by atoms with Gasteiger partial charge in [0.2, 0.25) is 5.91 Å². The van der Waals surface area contributed by atoms with E-state index < -0.39 is 35.0 Å². The van der Waals surface area contributed by atoms with Crippen LogP contribution in [0.4, 0.5) is 37.7 Å². The first-order chi connectivity index (χ1) is 16.8. The van der Waals surface area contributed by atoms with Crippen molar-refractivity contribution < 1.29 is 35.9 Å². The first-order valence-electron chi connectivity index (χ1n) is 10.5. The quantitative estimate of drug-likeness (QED) is 0.372. The summed E-state index contributed by atoms with van der Waals surface area (Å²) in [6, 6.07) is 14.4. The van der Waals surface area contributed by atoms with Crippen molar-refractivity contribution in [3.8, 4) is 0 Å². The number of alkyl halides is 6. The van der Waals surface area contributed by atoms with E-state index in [0.717, 1.165) is 16.8 Å². The Bertz CT molecular complexity index is 1270. The molecule has 0 unspecified atom stereocenters. The highest BCUT2D eigenvalue weighted by Gasteiger charge is 2.38. The minimum Gasteiger partial charge on any atom is -0.322 e. The molecule has 1 fully saturated rings. The van der Waals surface area contributed by atoms with Gasteiger partial charge >= 0.3 is 12.4 Å². The fourth-order valence-corrected chi connectivity index (χ4v) is 4.95.